The molecule has 1 saturated heterocycles. The van der Waals surface area contributed by atoms with Crippen molar-refractivity contribution in [2.45, 2.75) is 12.8 Å². The number of halogens is 2. The molecule has 1 heterocycles. The molecule has 0 atom stereocenters. The molecular weight excluding hydrogens is 351 g/mol. The normalized spacial score (nSPS) is 16.1. The van der Waals surface area contributed by atoms with Gasteiger partial charge in [0.05, 0.1) is 23.6 Å². The number of hydrogen-bond acceptors (Lipinski definition) is 4. The van der Waals surface area contributed by atoms with Crippen molar-refractivity contribution in [2.24, 2.45) is 5.41 Å². The molecule has 5 nitrogen and oxygen atoms in total. The summed E-state index contributed by atoms with van der Waals surface area (Å²) in [7, 11) is 3.47. The second-order valence-corrected chi connectivity index (χ2v) is 6.38. The number of rotatable bonds is 7. The fourth-order valence-corrected chi connectivity index (χ4v) is 3.15. The van der Waals surface area contributed by atoms with Crippen molar-refractivity contribution in [3.63, 3.8) is 0 Å². The number of carbonyl (C=O) groups excluding carboxylic acids is 1. The second-order valence-electron chi connectivity index (χ2n) is 5.97. The maximum atomic E-state index is 12.9. The van der Waals surface area contributed by atoms with Crippen LogP contribution in [0, 0.1) is 5.41 Å². The van der Waals surface area contributed by atoms with Gasteiger partial charge in [0.25, 0.3) is 0 Å². The summed E-state index contributed by atoms with van der Waals surface area (Å²) in [6.07, 6.45) is 1.60. The molecule has 0 aromatic heterocycles. The standard InChI is InChI=1S/C17H25ClN2O3.ClH/c1-20(11-12-23-15-6-4-3-5-14(15)18)16(21)17(13-22-2)7-9-19-10-8-17;/h3-6,19H,7-13H2,1-2H3;1H. The summed E-state index contributed by atoms with van der Waals surface area (Å²) in [5, 5.41) is 3.88. The lowest BCUT2D eigenvalue weighted by atomic mass is 9.78. The van der Waals surface area contributed by atoms with Crippen molar-refractivity contribution < 1.29 is 14.3 Å². The summed E-state index contributed by atoms with van der Waals surface area (Å²) in [4.78, 5) is 14.6. The number of methoxy groups -OCH3 is 1. The highest BCUT2D eigenvalue weighted by molar-refractivity contribution is 6.32. The minimum atomic E-state index is -0.418. The van der Waals surface area contributed by atoms with Gasteiger partial charge in [-0.2, -0.15) is 0 Å². The van der Waals surface area contributed by atoms with Gasteiger partial charge in [0, 0.05) is 14.2 Å². The van der Waals surface area contributed by atoms with E-state index in [1.807, 2.05) is 25.2 Å². The van der Waals surface area contributed by atoms with Crippen LogP contribution >= 0.6 is 24.0 Å². The Hall–Kier alpha value is -1.01. The van der Waals surface area contributed by atoms with Crippen molar-refractivity contribution >= 4 is 29.9 Å². The Morgan fingerprint density at radius 3 is 2.62 bits per heavy atom. The fraction of sp³-hybridized carbons (Fsp3) is 0.588. The molecule has 0 saturated carbocycles. The number of hydrogen-bond donors (Lipinski definition) is 1. The maximum Gasteiger partial charge on any atom is 0.231 e. The van der Waals surface area contributed by atoms with Crippen LogP contribution < -0.4 is 10.1 Å². The third kappa shape index (κ3) is 5.24. The van der Waals surface area contributed by atoms with Crippen molar-refractivity contribution in [2.75, 3.05) is 47.0 Å². The topological polar surface area (TPSA) is 50.8 Å². The third-order valence-electron chi connectivity index (χ3n) is 4.30. The molecule has 1 aromatic carbocycles. The summed E-state index contributed by atoms with van der Waals surface area (Å²) in [5.41, 5.74) is -0.418. The number of ether oxygens (including phenoxy) is 2. The number of carbonyl (C=O) groups is 1. The van der Waals surface area contributed by atoms with Gasteiger partial charge in [-0.25, -0.2) is 0 Å². The van der Waals surface area contributed by atoms with Crippen LogP contribution in [-0.4, -0.2) is 57.8 Å². The lowest BCUT2D eigenvalue weighted by Crippen LogP contribution is -2.51. The van der Waals surface area contributed by atoms with Gasteiger partial charge in [-0.05, 0) is 38.1 Å². The van der Waals surface area contributed by atoms with Crippen LogP contribution in [0.1, 0.15) is 12.8 Å². The molecule has 2 rings (SSSR count). The first kappa shape index (κ1) is 21.0. The van der Waals surface area contributed by atoms with Crippen molar-refractivity contribution in [1.82, 2.24) is 10.2 Å². The molecule has 136 valence electrons. The Morgan fingerprint density at radius 2 is 2.00 bits per heavy atom. The maximum absolute atomic E-state index is 12.9. The largest absolute Gasteiger partial charge is 0.490 e. The number of likely N-dealkylation sites (N-methyl/N-ethyl adjacent to an activating group) is 1. The predicted molar refractivity (Wildman–Crippen MR) is 98.2 cm³/mol. The van der Waals surface area contributed by atoms with E-state index in [2.05, 4.69) is 5.32 Å². The summed E-state index contributed by atoms with van der Waals surface area (Å²) in [5.74, 6) is 0.770. The van der Waals surface area contributed by atoms with Crippen LogP contribution in [0.15, 0.2) is 24.3 Å². The molecular formula is C17H26Cl2N2O3. The van der Waals surface area contributed by atoms with E-state index in [0.29, 0.717) is 30.5 Å². The first-order chi connectivity index (χ1) is 11.1. The molecule has 1 N–H and O–H groups in total. The van der Waals surface area contributed by atoms with E-state index in [0.717, 1.165) is 25.9 Å². The molecule has 24 heavy (non-hydrogen) atoms. The van der Waals surface area contributed by atoms with Gasteiger partial charge in [0.1, 0.15) is 12.4 Å². The van der Waals surface area contributed by atoms with Crippen molar-refractivity contribution in [3.05, 3.63) is 29.3 Å². The SMILES string of the molecule is COCC1(C(=O)N(C)CCOc2ccccc2Cl)CCNCC1.Cl. The van der Waals surface area contributed by atoms with Crippen LogP contribution in [-0.2, 0) is 9.53 Å². The van der Waals surface area contributed by atoms with E-state index < -0.39 is 5.41 Å². The Labute approximate surface area is 155 Å². The molecule has 0 bridgehead atoms. The Bertz CT molecular complexity index is 517. The summed E-state index contributed by atoms with van der Waals surface area (Å²) in [6.45, 7) is 3.08. The predicted octanol–water partition coefficient (Wildman–Crippen LogP) is 2.62. The van der Waals surface area contributed by atoms with Crippen LogP contribution in [0.4, 0.5) is 0 Å². The van der Waals surface area contributed by atoms with Gasteiger partial charge in [-0.3, -0.25) is 4.79 Å². The number of para-hydroxylation sites is 1. The van der Waals surface area contributed by atoms with Crippen molar-refractivity contribution in [3.8, 4) is 5.75 Å². The van der Waals surface area contributed by atoms with Crippen LogP contribution in [0.5, 0.6) is 5.75 Å². The molecule has 7 heteroatoms. The van der Waals surface area contributed by atoms with E-state index >= 15 is 0 Å². The molecule has 0 spiro atoms. The smallest absolute Gasteiger partial charge is 0.231 e. The molecule has 0 aliphatic carbocycles. The lowest BCUT2D eigenvalue weighted by Gasteiger charge is -2.38. The zero-order valence-corrected chi connectivity index (χ0v) is 15.8. The van der Waals surface area contributed by atoms with E-state index in [1.165, 1.54) is 0 Å². The first-order valence-electron chi connectivity index (χ1n) is 7.91. The summed E-state index contributed by atoms with van der Waals surface area (Å²) in [6, 6.07) is 7.34. The number of nitrogens with zero attached hydrogens (tertiary/aromatic N) is 1. The Kier molecular flexibility index (Phi) is 8.84. The van der Waals surface area contributed by atoms with Gasteiger partial charge in [-0.1, -0.05) is 23.7 Å². The van der Waals surface area contributed by atoms with E-state index in [-0.39, 0.29) is 18.3 Å². The Balaban J connectivity index is 0.00000288. The highest BCUT2D eigenvalue weighted by Gasteiger charge is 2.41. The zero-order valence-electron chi connectivity index (χ0n) is 14.2. The van der Waals surface area contributed by atoms with Gasteiger partial charge < -0.3 is 19.7 Å². The Morgan fingerprint density at radius 1 is 1.33 bits per heavy atom. The minimum Gasteiger partial charge on any atom is -0.490 e. The summed E-state index contributed by atoms with van der Waals surface area (Å²) < 4.78 is 11.0. The van der Waals surface area contributed by atoms with E-state index in [4.69, 9.17) is 21.1 Å². The zero-order chi connectivity index (χ0) is 16.7. The van der Waals surface area contributed by atoms with E-state index in [9.17, 15) is 4.79 Å². The second kappa shape index (κ2) is 10.1. The molecule has 0 unspecified atom stereocenters. The number of piperidine rings is 1. The van der Waals surface area contributed by atoms with Gasteiger partial charge in [0.15, 0.2) is 0 Å². The molecule has 1 aliphatic rings. The molecule has 1 fully saturated rings. The fourth-order valence-electron chi connectivity index (χ4n) is 2.96. The summed E-state index contributed by atoms with van der Waals surface area (Å²) >= 11 is 6.06. The lowest BCUT2D eigenvalue weighted by molar-refractivity contribution is -0.146. The van der Waals surface area contributed by atoms with Crippen LogP contribution in [0.2, 0.25) is 5.02 Å². The highest BCUT2D eigenvalue weighted by Crippen LogP contribution is 2.31. The molecule has 1 amide bonds. The van der Waals surface area contributed by atoms with Crippen molar-refractivity contribution in [1.29, 1.82) is 0 Å². The first-order valence-corrected chi connectivity index (χ1v) is 8.29. The van der Waals surface area contributed by atoms with Gasteiger partial charge in [-0.15, -0.1) is 12.4 Å². The average Bonchev–Trinajstić information content (AvgIpc) is 2.57. The number of nitrogens with one attached hydrogen (secondary N) is 1. The number of benzene rings is 1. The van der Waals surface area contributed by atoms with E-state index in [1.54, 1.807) is 18.1 Å². The van der Waals surface area contributed by atoms with Crippen LogP contribution in [0.25, 0.3) is 0 Å². The van der Waals surface area contributed by atoms with Crippen LogP contribution in [0.3, 0.4) is 0 Å². The van der Waals surface area contributed by atoms with Gasteiger partial charge in [0.2, 0.25) is 5.91 Å². The molecule has 0 radical (unpaired) electrons. The average molecular weight is 377 g/mol. The quantitative estimate of drug-likeness (QED) is 0.794. The number of amides is 1. The monoisotopic (exact) mass is 376 g/mol. The third-order valence-corrected chi connectivity index (χ3v) is 4.61. The molecule has 1 aliphatic heterocycles. The van der Waals surface area contributed by atoms with Gasteiger partial charge >= 0.3 is 0 Å². The minimum absolute atomic E-state index is 0. The highest BCUT2D eigenvalue weighted by atomic mass is 35.5. The molecule has 1 aromatic rings.